The van der Waals surface area contributed by atoms with E-state index in [9.17, 15) is 19.3 Å². The van der Waals surface area contributed by atoms with Gasteiger partial charge in [-0.25, -0.2) is 4.39 Å². The molecule has 1 amide bonds. The Labute approximate surface area is 126 Å². The number of benzene rings is 2. The van der Waals surface area contributed by atoms with E-state index in [-0.39, 0.29) is 23.6 Å². The van der Waals surface area contributed by atoms with E-state index in [1.165, 1.54) is 31.2 Å². The summed E-state index contributed by atoms with van der Waals surface area (Å²) in [5.74, 6) is -0.763. The number of aryl methyl sites for hydroxylation is 1. The first-order valence-corrected chi connectivity index (χ1v) is 6.67. The van der Waals surface area contributed by atoms with E-state index in [2.05, 4.69) is 5.32 Å². The highest BCUT2D eigenvalue weighted by Crippen LogP contribution is 2.21. The largest absolute Gasteiger partial charge is 0.348 e. The molecule has 0 aliphatic carbocycles. The van der Waals surface area contributed by atoms with Gasteiger partial charge in [0.1, 0.15) is 5.82 Å². The molecule has 114 valence electrons. The average molecular weight is 302 g/mol. The van der Waals surface area contributed by atoms with Gasteiger partial charge < -0.3 is 5.32 Å². The fourth-order valence-corrected chi connectivity index (χ4v) is 2.09. The molecule has 0 radical (unpaired) electrons. The van der Waals surface area contributed by atoms with Crippen molar-refractivity contribution in [2.24, 2.45) is 0 Å². The van der Waals surface area contributed by atoms with Gasteiger partial charge in [0.25, 0.3) is 11.6 Å². The Hall–Kier alpha value is -2.76. The van der Waals surface area contributed by atoms with Crippen molar-refractivity contribution in [3.8, 4) is 0 Å². The number of nitro benzene ring substituents is 1. The molecule has 0 aromatic heterocycles. The number of amides is 1. The Morgan fingerprint density at radius 1 is 1.27 bits per heavy atom. The predicted molar refractivity (Wildman–Crippen MR) is 80.1 cm³/mol. The molecule has 5 nitrogen and oxygen atoms in total. The summed E-state index contributed by atoms with van der Waals surface area (Å²) >= 11 is 0. The summed E-state index contributed by atoms with van der Waals surface area (Å²) in [4.78, 5) is 22.5. The van der Waals surface area contributed by atoms with Crippen molar-refractivity contribution in [1.82, 2.24) is 5.32 Å². The third-order valence-electron chi connectivity index (χ3n) is 3.44. The molecule has 2 rings (SSSR count). The summed E-state index contributed by atoms with van der Waals surface area (Å²) in [5, 5.41) is 13.5. The first-order valence-electron chi connectivity index (χ1n) is 6.67. The number of carbonyl (C=O) groups is 1. The maximum absolute atomic E-state index is 13.4. The summed E-state index contributed by atoms with van der Waals surface area (Å²) < 4.78 is 13.4. The Kier molecular flexibility index (Phi) is 4.50. The quantitative estimate of drug-likeness (QED) is 0.696. The van der Waals surface area contributed by atoms with E-state index >= 15 is 0 Å². The van der Waals surface area contributed by atoms with Crippen LogP contribution in [-0.2, 0) is 6.54 Å². The second-order valence-corrected chi connectivity index (χ2v) is 4.97. The van der Waals surface area contributed by atoms with Crippen molar-refractivity contribution in [3.63, 3.8) is 0 Å². The summed E-state index contributed by atoms with van der Waals surface area (Å²) in [5.41, 5.74) is 1.60. The van der Waals surface area contributed by atoms with Gasteiger partial charge in [0.2, 0.25) is 0 Å². The number of carbonyl (C=O) groups excluding carboxylic acids is 1. The second-order valence-electron chi connectivity index (χ2n) is 4.97. The Morgan fingerprint density at radius 2 is 2.00 bits per heavy atom. The molecular weight excluding hydrogens is 287 g/mol. The van der Waals surface area contributed by atoms with E-state index in [0.717, 1.165) is 0 Å². The summed E-state index contributed by atoms with van der Waals surface area (Å²) in [7, 11) is 0. The smallest absolute Gasteiger partial charge is 0.273 e. The number of nitrogens with one attached hydrogen (secondary N) is 1. The van der Waals surface area contributed by atoms with Gasteiger partial charge in [0, 0.05) is 23.7 Å². The molecule has 0 aliphatic rings. The Balaban J connectivity index is 2.14. The minimum absolute atomic E-state index is 0.103. The van der Waals surface area contributed by atoms with Crippen LogP contribution in [0.1, 0.15) is 27.0 Å². The van der Waals surface area contributed by atoms with Crippen LogP contribution in [0.3, 0.4) is 0 Å². The van der Waals surface area contributed by atoms with E-state index in [0.29, 0.717) is 16.7 Å². The first kappa shape index (κ1) is 15.6. The van der Waals surface area contributed by atoms with Crippen LogP contribution >= 0.6 is 0 Å². The lowest BCUT2D eigenvalue weighted by molar-refractivity contribution is -0.385. The lowest BCUT2D eigenvalue weighted by Crippen LogP contribution is -2.24. The van der Waals surface area contributed by atoms with Gasteiger partial charge in [-0.15, -0.1) is 0 Å². The van der Waals surface area contributed by atoms with Crippen LogP contribution < -0.4 is 5.32 Å². The van der Waals surface area contributed by atoms with Gasteiger partial charge in [-0.3, -0.25) is 14.9 Å². The summed E-state index contributed by atoms with van der Waals surface area (Å²) in [6.45, 7) is 3.33. The summed E-state index contributed by atoms with van der Waals surface area (Å²) in [6, 6.07) is 9.05. The lowest BCUT2D eigenvalue weighted by atomic mass is 10.1. The van der Waals surface area contributed by atoms with Crippen molar-refractivity contribution in [1.29, 1.82) is 0 Å². The normalized spacial score (nSPS) is 10.3. The molecular formula is C16H15FN2O3. The van der Waals surface area contributed by atoms with Gasteiger partial charge in [-0.2, -0.15) is 0 Å². The molecule has 0 saturated carbocycles. The molecule has 1 N–H and O–H groups in total. The number of nitrogens with zero attached hydrogens (tertiary/aromatic N) is 1. The minimum Gasteiger partial charge on any atom is -0.348 e. The topological polar surface area (TPSA) is 72.2 Å². The van der Waals surface area contributed by atoms with Crippen LogP contribution in [0.2, 0.25) is 0 Å². The minimum atomic E-state index is -0.526. The molecule has 2 aromatic rings. The molecule has 0 unspecified atom stereocenters. The fourth-order valence-electron chi connectivity index (χ4n) is 2.09. The van der Waals surface area contributed by atoms with Crippen LogP contribution in [0.15, 0.2) is 36.4 Å². The average Bonchev–Trinajstić information content (AvgIpc) is 2.48. The van der Waals surface area contributed by atoms with Gasteiger partial charge >= 0.3 is 0 Å². The molecule has 0 saturated heterocycles. The molecule has 0 atom stereocenters. The van der Waals surface area contributed by atoms with Crippen LogP contribution in [0, 0.1) is 29.8 Å². The molecule has 0 bridgehead atoms. The van der Waals surface area contributed by atoms with Crippen LogP contribution in [0.4, 0.5) is 10.1 Å². The van der Waals surface area contributed by atoms with Gasteiger partial charge in [0.05, 0.1) is 4.92 Å². The SMILES string of the molecule is Cc1ccc(CNC(=O)c2cccc([N+](=O)[O-])c2C)cc1F. The van der Waals surface area contributed by atoms with E-state index in [1.54, 1.807) is 19.1 Å². The number of nitro groups is 1. The van der Waals surface area contributed by atoms with Crippen molar-refractivity contribution in [2.45, 2.75) is 20.4 Å². The zero-order valence-electron chi connectivity index (χ0n) is 12.2. The van der Waals surface area contributed by atoms with E-state index in [1.807, 2.05) is 0 Å². The summed E-state index contributed by atoms with van der Waals surface area (Å²) in [6.07, 6.45) is 0. The van der Waals surface area contributed by atoms with Gasteiger partial charge in [-0.05, 0) is 37.1 Å². The zero-order chi connectivity index (χ0) is 16.3. The Bertz CT molecular complexity index is 744. The van der Waals surface area contributed by atoms with E-state index < -0.39 is 10.8 Å². The van der Waals surface area contributed by atoms with Crippen molar-refractivity contribution in [3.05, 3.63) is 74.6 Å². The number of halogens is 1. The number of hydrogen-bond donors (Lipinski definition) is 1. The van der Waals surface area contributed by atoms with Gasteiger partial charge in [-0.1, -0.05) is 18.2 Å². The third kappa shape index (κ3) is 3.28. The van der Waals surface area contributed by atoms with Crippen LogP contribution in [0.5, 0.6) is 0 Å². The zero-order valence-corrected chi connectivity index (χ0v) is 12.2. The first-order chi connectivity index (χ1) is 10.4. The molecule has 0 aliphatic heterocycles. The van der Waals surface area contributed by atoms with Crippen LogP contribution in [-0.4, -0.2) is 10.8 Å². The van der Waals surface area contributed by atoms with Crippen molar-refractivity contribution < 1.29 is 14.1 Å². The predicted octanol–water partition coefficient (Wildman–Crippen LogP) is 3.28. The van der Waals surface area contributed by atoms with E-state index in [4.69, 9.17) is 0 Å². The molecule has 6 heteroatoms. The van der Waals surface area contributed by atoms with Crippen molar-refractivity contribution in [2.75, 3.05) is 0 Å². The monoisotopic (exact) mass is 302 g/mol. The van der Waals surface area contributed by atoms with Gasteiger partial charge in [0.15, 0.2) is 0 Å². The van der Waals surface area contributed by atoms with Crippen molar-refractivity contribution >= 4 is 11.6 Å². The highest BCUT2D eigenvalue weighted by atomic mass is 19.1. The molecule has 2 aromatic carbocycles. The van der Waals surface area contributed by atoms with Crippen LogP contribution in [0.25, 0.3) is 0 Å². The molecule has 0 fully saturated rings. The maximum atomic E-state index is 13.4. The molecule has 22 heavy (non-hydrogen) atoms. The fraction of sp³-hybridized carbons (Fsp3) is 0.188. The second kappa shape index (κ2) is 6.34. The Morgan fingerprint density at radius 3 is 2.64 bits per heavy atom. The number of hydrogen-bond acceptors (Lipinski definition) is 3. The maximum Gasteiger partial charge on any atom is 0.273 e. The highest BCUT2D eigenvalue weighted by molar-refractivity contribution is 5.96. The highest BCUT2D eigenvalue weighted by Gasteiger charge is 2.17. The number of rotatable bonds is 4. The molecule has 0 spiro atoms. The third-order valence-corrected chi connectivity index (χ3v) is 3.44. The lowest BCUT2D eigenvalue weighted by Gasteiger charge is -2.08. The standard InChI is InChI=1S/C16H15FN2O3/c1-10-6-7-12(8-14(10)17)9-18-16(20)13-4-3-5-15(11(13)2)19(21)22/h3-8H,9H2,1-2H3,(H,18,20). The molecule has 0 heterocycles.